The zero-order valence-electron chi connectivity index (χ0n) is 16.6. The maximum atomic E-state index is 13.2. The van der Waals surface area contributed by atoms with Gasteiger partial charge >= 0.3 is 5.56 Å². The van der Waals surface area contributed by atoms with E-state index in [4.69, 9.17) is 14.7 Å². The normalized spacial score (nSPS) is 11.9. The van der Waals surface area contributed by atoms with Gasteiger partial charge in [0.25, 0.3) is 5.65 Å². The van der Waals surface area contributed by atoms with Crippen LogP contribution in [0, 0.1) is 5.82 Å². The van der Waals surface area contributed by atoms with Crippen LogP contribution in [0.25, 0.3) is 33.2 Å². The van der Waals surface area contributed by atoms with Crippen LogP contribution in [0.15, 0.2) is 64.8 Å². The second-order valence-corrected chi connectivity index (χ2v) is 6.98. The Labute approximate surface area is 175 Å². The van der Waals surface area contributed by atoms with Gasteiger partial charge in [-0.15, -0.1) is 9.78 Å². The van der Waals surface area contributed by atoms with Crippen molar-refractivity contribution < 1.29 is 14.1 Å². The summed E-state index contributed by atoms with van der Waals surface area (Å²) in [5, 5.41) is 4.92. The molecule has 0 amide bonds. The second-order valence-electron chi connectivity index (χ2n) is 6.98. The van der Waals surface area contributed by atoms with Gasteiger partial charge in [0.05, 0.1) is 30.4 Å². The molecule has 3 aromatic heterocycles. The fourth-order valence-electron chi connectivity index (χ4n) is 3.45. The summed E-state index contributed by atoms with van der Waals surface area (Å²) in [4.78, 5) is 25.8. The summed E-state index contributed by atoms with van der Waals surface area (Å²) in [5.41, 5.74) is 3.25. The molecule has 0 spiro atoms. The Kier molecular flexibility index (Phi) is 4.72. The Bertz CT molecular complexity index is 1500. The molecule has 0 bridgehead atoms. The van der Waals surface area contributed by atoms with Gasteiger partial charge in [-0.25, -0.2) is 28.7 Å². The molecule has 2 aromatic carbocycles. The van der Waals surface area contributed by atoms with Gasteiger partial charge in [0.1, 0.15) is 11.3 Å². The highest BCUT2D eigenvalue weighted by atomic mass is 19.1. The van der Waals surface area contributed by atoms with E-state index >= 15 is 0 Å². The monoisotopic (exact) mass is 417 g/mol. The molecule has 8 nitrogen and oxygen atoms in total. The summed E-state index contributed by atoms with van der Waals surface area (Å²) in [7, 11) is 1.58. The van der Waals surface area contributed by atoms with Crippen molar-refractivity contribution in [3.63, 3.8) is 0 Å². The Morgan fingerprint density at radius 2 is 1.87 bits per heavy atom. The number of rotatable bonds is 5. The van der Waals surface area contributed by atoms with Crippen LogP contribution in [0.5, 0.6) is 0 Å². The smallest absolute Gasteiger partial charge is 0.322 e. The summed E-state index contributed by atoms with van der Waals surface area (Å²) in [5.74, 6) is -0.323. The number of hydrogen-bond acceptors (Lipinski definition) is 5. The molecule has 0 fully saturated rings. The zero-order valence-corrected chi connectivity index (χ0v) is 16.6. The maximum Gasteiger partial charge on any atom is 0.322 e. The Balaban J connectivity index is 1.79. The molecule has 0 atom stereocenters. The molecule has 5 aromatic rings. The predicted molar refractivity (Wildman–Crippen MR) is 115 cm³/mol. The Morgan fingerprint density at radius 3 is 2.61 bits per heavy atom. The van der Waals surface area contributed by atoms with Crippen molar-refractivity contribution in [1.29, 1.82) is 0 Å². The lowest BCUT2D eigenvalue weighted by molar-refractivity contribution is -0.357. The van der Waals surface area contributed by atoms with Crippen molar-refractivity contribution >= 4 is 39.4 Å². The average Bonchev–Trinajstić information content (AvgIpc) is 3.10. The van der Waals surface area contributed by atoms with Crippen molar-refractivity contribution in [2.45, 2.75) is 6.54 Å². The van der Waals surface area contributed by atoms with E-state index in [0.29, 0.717) is 51.9 Å². The number of para-hydroxylation sites is 2. The first kappa shape index (κ1) is 19.0. The van der Waals surface area contributed by atoms with Crippen LogP contribution in [0.3, 0.4) is 0 Å². The van der Waals surface area contributed by atoms with Crippen LogP contribution in [0.2, 0.25) is 0 Å². The number of methoxy groups -OCH3 is 1. The summed E-state index contributed by atoms with van der Waals surface area (Å²) in [6.45, 7) is 0.795. The maximum absolute atomic E-state index is 13.2. The third-order valence-corrected chi connectivity index (χ3v) is 5.00. The molecule has 0 aliphatic carbocycles. The lowest BCUT2D eigenvalue weighted by atomic mass is 10.2. The van der Waals surface area contributed by atoms with Crippen molar-refractivity contribution in [2.24, 2.45) is 5.10 Å². The molecule has 0 saturated heterocycles. The Hall–Kier alpha value is -3.98. The van der Waals surface area contributed by atoms with Crippen molar-refractivity contribution in [3.8, 4) is 0 Å². The Morgan fingerprint density at radius 1 is 1.13 bits per heavy atom. The number of nitrogens with zero attached hydrogens (tertiary/aromatic N) is 5. The molecule has 0 aliphatic rings. The van der Waals surface area contributed by atoms with Crippen LogP contribution in [0.1, 0.15) is 5.56 Å². The topological polar surface area (TPSA) is 88.4 Å². The highest BCUT2D eigenvalue weighted by Gasteiger charge is 2.24. The molecule has 9 heteroatoms. The van der Waals surface area contributed by atoms with Crippen LogP contribution in [0.4, 0.5) is 4.39 Å². The molecule has 1 N–H and O–H groups in total. The van der Waals surface area contributed by atoms with E-state index in [9.17, 15) is 9.18 Å². The van der Waals surface area contributed by atoms with Gasteiger partial charge in [-0.1, -0.05) is 24.3 Å². The minimum Gasteiger partial charge on any atom is -0.381 e. The molecule has 31 heavy (non-hydrogen) atoms. The highest BCUT2D eigenvalue weighted by Crippen LogP contribution is 2.23. The number of aromatic amines is 1. The van der Waals surface area contributed by atoms with Crippen LogP contribution in [-0.2, 0) is 11.3 Å². The largest absolute Gasteiger partial charge is 0.381 e. The van der Waals surface area contributed by atoms with Gasteiger partial charge in [-0.2, -0.15) is 0 Å². The first-order valence-electron chi connectivity index (χ1n) is 9.66. The minimum atomic E-state index is -0.323. The van der Waals surface area contributed by atoms with Gasteiger partial charge in [0.2, 0.25) is 5.65 Å². The van der Waals surface area contributed by atoms with E-state index in [1.165, 1.54) is 16.7 Å². The highest BCUT2D eigenvalue weighted by molar-refractivity contribution is 6.03. The van der Waals surface area contributed by atoms with E-state index in [0.717, 1.165) is 0 Å². The average molecular weight is 417 g/mol. The van der Waals surface area contributed by atoms with Crippen LogP contribution >= 0.6 is 0 Å². The van der Waals surface area contributed by atoms with E-state index < -0.39 is 0 Å². The molecular weight excluding hydrogens is 399 g/mol. The molecular formula is C22H18FN6O2+. The van der Waals surface area contributed by atoms with Gasteiger partial charge in [-0.3, -0.25) is 0 Å². The third kappa shape index (κ3) is 3.34. The summed E-state index contributed by atoms with van der Waals surface area (Å²) < 4.78 is 21.4. The number of benzene rings is 2. The molecule has 0 radical (unpaired) electrons. The standard InChI is InChI=1S/C22H17FN6O2/c1-31-11-10-28-13-24-20-18(22(28)30)19-21(27-17-5-3-2-4-16(17)26-19)29(20)25-12-14-6-8-15(23)9-7-14/h2-9,12-13H,10-11H2,1H3/p+1/b25-12+. The number of nitrogens with one attached hydrogen (secondary N) is 1. The van der Waals surface area contributed by atoms with Gasteiger partial charge in [0, 0.05) is 7.11 Å². The number of aromatic nitrogens is 5. The van der Waals surface area contributed by atoms with E-state index in [2.05, 4.69) is 10.1 Å². The lowest BCUT2D eigenvalue weighted by Crippen LogP contribution is -2.28. The first-order valence-corrected chi connectivity index (χ1v) is 9.66. The lowest BCUT2D eigenvalue weighted by Gasteiger charge is -1.99. The fourth-order valence-corrected chi connectivity index (χ4v) is 3.45. The number of halogens is 1. The summed E-state index contributed by atoms with van der Waals surface area (Å²) in [6.07, 6.45) is 3.17. The number of fused-ring (bicyclic) bond motifs is 4. The van der Waals surface area contributed by atoms with E-state index in [-0.39, 0.29) is 11.4 Å². The van der Waals surface area contributed by atoms with Crippen molar-refractivity contribution in [2.75, 3.05) is 13.7 Å². The SMILES string of the molecule is COCCn1c[nH+]c2c(c1=O)c1nc3ccccc3nc1n2/N=C/c1ccc(F)cc1. The van der Waals surface area contributed by atoms with E-state index in [1.807, 2.05) is 24.3 Å². The second kappa shape index (κ2) is 7.69. The molecule has 0 saturated carbocycles. The zero-order chi connectivity index (χ0) is 21.4. The van der Waals surface area contributed by atoms with Crippen LogP contribution < -0.4 is 10.5 Å². The molecule has 0 unspecified atom stereocenters. The minimum absolute atomic E-state index is 0.212. The van der Waals surface area contributed by atoms with Crippen LogP contribution in [-0.4, -0.2) is 39.1 Å². The third-order valence-electron chi connectivity index (χ3n) is 5.00. The summed E-state index contributed by atoms with van der Waals surface area (Å²) >= 11 is 0. The fraction of sp³-hybridized carbons (Fsp3) is 0.136. The van der Waals surface area contributed by atoms with Gasteiger partial charge < -0.3 is 4.74 Å². The number of H-pyrrole nitrogens is 1. The van der Waals surface area contributed by atoms with E-state index in [1.54, 1.807) is 36.5 Å². The molecule has 5 rings (SSSR count). The van der Waals surface area contributed by atoms with Gasteiger partial charge in [-0.05, 0) is 29.8 Å². The number of hydrogen-bond donors (Lipinski definition) is 0. The molecule has 154 valence electrons. The quantitative estimate of drug-likeness (QED) is 0.411. The molecule has 3 heterocycles. The molecule has 0 aliphatic heterocycles. The number of ether oxygens (including phenoxy) is 1. The predicted octanol–water partition coefficient (Wildman–Crippen LogP) is 2.38. The van der Waals surface area contributed by atoms with Crippen molar-refractivity contribution in [1.82, 2.24) is 19.2 Å². The first-order chi connectivity index (χ1) is 15.2. The van der Waals surface area contributed by atoms with Gasteiger partial charge in [0.15, 0.2) is 11.7 Å². The summed E-state index contributed by atoms with van der Waals surface area (Å²) in [6, 6.07) is 13.4. The van der Waals surface area contributed by atoms with Crippen molar-refractivity contribution in [3.05, 3.63) is 76.6 Å².